The molecule has 0 aromatic carbocycles. The molecule has 0 unspecified atom stereocenters. The third kappa shape index (κ3) is 2.70. The number of primary sulfonamides is 1. The monoisotopic (exact) mass is 358 g/mol. The second kappa shape index (κ2) is 5.30. The summed E-state index contributed by atoms with van der Waals surface area (Å²) in [4.78, 5) is 11.3. The Hall–Kier alpha value is -1.04. The van der Waals surface area contributed by atoms with Crippen LogP contribution in [0.5, 0.6) is 0 Å². The quantitative estimate of drug-likeness (QED) is 0.632. The van der Waals surface area contributed by atoms with E-state index in [1.807, 2.05) is 0 Å². The van der Waals surface area contributed by atoms with Crippen LogP contribution in [-0.2, 0) is 19.9 Å². The fraction of sp³-hybridized carbons (Fsp3) is 0.600. The van der Waals surface area contributed by atoms with Gasteiger partial charge in [-0.3, -0.25) is 5.01 Å². The summed E-state index contributed by atoms with van der Waals surface area (Å²) in [6.45, 7) is -5.18. The Labute approximate surface area is 133 Å². The molecule has 2 N–H and O–H groups in total. The molecule has 0 amide bonds. The zero-order valence-corrected chi connectivity index (χ0v) is 13.1. The van der Waals surface area contributed by atoms with Crippen molar-refractivity contribution in [2.45, 2.75) is 39.9 Å². The van der Waals surface area contributed by atoms with E-state index in [0.717, 1.165) is 6.07 Å². The van der Waals surface area contributed by atoms with Crippen molar-refractivity contribution >= 4 is 31.2 Å². The fourth-order valence-electron chi connectivity index (χ4n) is 2.10. The molecule has 0 radical (unpaired) electrons. The first kappa shape index (κ1) is 10.6. The molecule has 1 aromatic rings. The van der Waals surface area contributed by atoms with E-state index in [1.165, 1.54) is 6.92 Å². The molecule has 2 rings (SSSR count). The fourth-order valence-corrected chi connectivity index (χ4v) is 6.49. The first-order valence-electron chi connectivity index (χ1n) is 8.08. The van der Waals surface area contributed by atoms with E-state index in [4.69, 9.17) is 12.0 Å². The molecule has 118 valence electrons. The van der Waals surface area contributed by atoms with Crippen molar-refractivity contribution in [1.82, 2.24) is 5.01 Å². The van der Waals surface area contributed by atoms with E-state index >= 15 is 0 Å². The number of hydrogen-bond donors (Lipinski definition) is 1. The average molecular weight is 358 g/mol. The summed E-state index contributed by atoms with van der Waals surface area (Å²) < 4.78 is 84.6. The molecule has 0 bridgehead atoms. The van der Waals surface area contributed by atoms with Gasteiger partial charge in [0.1, 0.15) is 8.42 Å². The van der Waals surface area contributed by atoms with E-state index in [2.05, 4.69) is 5.29 Å². The van der Waals surface area contributed by atoms with Crippen LogP contribution in [0.25, 0.3) is 0 Å². The van der Waals surface area contributed by atoms with Crippen molar-refractivity contribution in [3.63, 3.8) is 0 Å². The molecule has 1 aliphatic rings. The van der Waals surface area contributed by atoms with Crippen molar-refractivity contribution in [2.75, 3.05) is 6.50 Å². The van der Waals surface area contributed by atoms with Gasteiger partial charge in [0, 0.05) is 16.2 Å². The highest BCUT2D eigenvalue weighted by Gasteiger charge is 2.41. The average Bonchev–Trinajstić information content (AvgIpc) is 2.90. The number of fused-ring (bicyclic) bond motifs is 1. The Morgan fingerprint density at radius 2 is 2.33 bits per heavy atom. The van der Waals surface area contributed by atoms with Crippen molar-refractivity contribution in [3.05, 3.63) is 16.5 Å². The lowest BCUT2D eigenvalue weighted by molar-refractivity contribution is 0.197. The normalized spacial score (nSPS) is 29.1. The lowest BCUT2D eigenvalue weighted by atomic mass is 10.0. The lowest BCUT2D eigenvalue weighted by Gasteiger charge is -2.31. The number of nitrogens with zero attached hydrogens (tertiary/aromatic N) is 2. The standard InChI is InChI=1S/C10H15N3O5S3/c1-3-13(12-14)8-4-6(2)20(15,16)10-7(8)5-9(19-10)21(11,17)18/h5-6,8H,3-4H2,1-2H3,(H2,11,17,18)/t6-,8-/m0/s1/i1D3,3D2. The third-order valence-corrected chi connectivity index (χ3v) is 8.50. The van der Waals surface area contributed by atoms with Crippen LogP contribution in [0.4, 0.5) is 0 Å². The van der Waals surface area contributed by atoms with Crippen LogP contribution in [0.1, 0.15) is 38.7 Å². The maximum Gasteiger partial charge on any atom is 0.247 e. The Morgan fingerprint density at radius 1 is 1.67 bits per heavy atom. The van der Waals surface area contributed by atoms with Gasteiger partial charge in [-0.25, -0.2) is 22.0 Å². The van der Waals surface area contributed by atoms with Crippen LogP contribution in [0.3, 0.4) is 0 Å². The summed E-state index contributed by atoms with van der Waals surface area (Å²) in [5.74, 6) is 0. The van der Waals surface area contributed by atoms with Gasteiger partial charge >= 0.3 is 0 Å². The van der Waals surface area contributed by atoms with Crippen LogP contribution in [0.2, 0.25) is 0 Å². The van der Waals surface area contributed by atoms with Crippen LogP contribution in [-0.4, -0.2) is 33.6 Å². The highest BCUT2D eigenvalue weighted by atomic mass is 32.3. The molecule has 0 aliphatic carbocycles. The van der Waals surface area contributed by atoms with Crippen molar-refractivity contribution in [3.8, 4) is 0 Å². The van der Waals surface area contributed by atoms with E-state index in [9.17, 15) is 21.7 Å². The zero-order valence-electron chi connectivity index (χ0n) is 15.7. The minimum Gasteiger partial charge on any atom is -0.254 e. The zero-order chi connectivity index (χ0) is 20.3. The SMILES string of the molecule is [2H]C([2H])([2H])C([2H])([2H])N(N=O)[C@H]1C[C@H](C)S(=O)(=O)c2sc(S(N)(=O)=O)cc21. The van der Waals surface area contributed by atoms with Gasteiger partial charge in [-0.2, -0.15) is 0 Å². The number of sulfonamides is 1. The smallest absolute Gasteiger partial charge is 0.247 e. The Kier molecular flexibility index (Phi) is 2.69. The van der Waals surface area contributed by atoms with E-state index in [0.29, 0.717) is 11.3 Å². The topological polar surface area (TPSA) is 127 Å². The Bertz CT molecular complexity index is 940. The number of thiophene rings is 1. The molecule has 1 aliphatic heterocycles. The molecular weight excluding hydrogens is 338 g/mol. The maximum absolute atomic E-state index is 12.5. The van der Waals surface area contributed by atoms with Crippen molar-refractivity contribution < 1.29 is 23.7 Å². The summed E-state index contributed by atoms with van der Waals surface area (Å²) in [6.07, 6.45) is -0.350. The molecule has 0 fully saturated rings. The van der Waals surface area contributed by atoms with E-state index < -0.39 is 52.9 Å². The minimum absolute atomic E-state index is 0.129. The molecule has 21 heavy (non-hydrogen) atoms. The van der Waals surface area contributed by atoms with Gasteiger partial charge in [-0.1, -0.05) is 0 Å². The predicted molar refractivity (Wildman–Crippen MR) is 77.9 cm³/mol. The van der Waals surface area contributed by atoms with Gasteiger partial charge in [-0.05, 0) is 26.3 Å². The van der Waals surface area contributed by atoms with Gasteiger partial charge in [0.15, 0.2) is 9.84 Å². The first-order valence-corrected chi connectivity index (χ1v) is 9.49. The molecule has 0 saturated carbocycles. The summed E-state index contributed by atoms with van der Waals surface area (Å²) >= 11 is 0.368. The summed E-state index contributed by atoms with van der Waals surface area (Å²) in [5, 5.41) is 6.51. The maximum atomic E-state index is 12.5. The number of rotatable bonds is 4. The number of hydrogen-bond acceptors (Lipinski definition) is 7. The Balaban J connectivity index is 2.73. The van der Waals surface area contributed by atoms with Gasteiger partial charge in [0.05, 0.1) is 19.3 Å². The molecular formula is C10H15N3O5S3. The summed E-state index contributed by atoms with van der Waals surface area (Å²) in [5.41, 5.74) is -0.218. The van der Waals surface area contributed by atoms with Crippen LogP contribution in [0, 0.1) is 4.91 Å². The summed E-state index contributed by atoms with van der Waals surface area (Å²) in [7, 11) is -8.21. The second-order valence-corrected chi connectivity index (χ2v) is 9.90. The van der Waals surface area contributed by atoms with Crippen molar-refractivity contribution in [1.29, 1.82) is 0 Å². The summed E-state index contributed by atoms with van der Waals surface area (Å²) in [6, 6.07) is -0.472. The number of nitrogens with two attached hydrogens (primary N) is 1. The van der Waals surface area contributed by atoms with E-state index in [1.54, 1.807) is 0 Å². The molecule has 8 nitrogen and oxygen atoms in total. The minimum atomic E-state index is -4.26. The molecule has 0 spiro atoms. The molecule has 11 heteroatoms. The van der Waals surface area contributed by atoms with Crippen molar-refractivity contribution in [2.24, 2.45) is 10.4 Å². The molecule has 2 heterocycles. The number of nitroso groups, excluding NO2 is 1. The van der Waals surface area contributed by atoms with Gasteiger partial charge in [0.2, 0.25) is 10.0 Å². The highest BCUT2D eigenvalue weighted by Crippen LogP contribution is 2.44. The van der Waals surface area contributed by atoms with E-state index in [-0.39, 0.29) is 17.0 Å². The van der Waals surface area contributed by atoms with Gasteiger partial charge in [-0.15, -0.1) is 16.2 Å². The van der Waals surface area contributed by atoms with Gasteiger partial charge in [0.25, 0.3) is 0 Å². The Morgan fingerprint density at radius 3 is 2.86 bits per heavy atom. The largest absolute Gasteiger partial charge is 0.254 e. The first-order chi connectivity index (χ1) is 11.5. The lowest BCUT2D eigenvalue weighted by Crippen LogP contribution is -2.34. The molecule has 0 saturated heterocycles. The number of sulfone groups is 1. The van der Waals surface area contributed by atoms with Crippen LogP contribution in [0.15, 0.2) is 19.8 Å². The highest BCUT2D eigenvalue weighted by molar-refractivity contribution is 7.95. The van der Waals surface area contributed by atoms with Crippen LogP contribution < -0.4 is 5.14 Å². The second-order valence-electron chi connectivity index (χ2n) is 4.50. The molecule has 1 aromatic heterocycles. The van der Waals surface area contributed by atoms with Gasteiger partial charge < -0.3 is 0 Å². The molecule has 2 atom stereocenters. The third-order valence-electron chi connectivity index (χ3n) is 3.18. The van der Waals surface area contributed by atoms with Crippen LogP contribution >= 0.6 is 11.3 Å². The predicted octanol–water partition coefficient (Wildman–Crippen LogP) is 1.01.